The molecule has 0 radical (unpaired) electrons. The van der Waals surface area contributed by atoms with E-state index < -0.39 is 41.4 Å². The molecule has 0 aromatic heterocycles. The number of hydrogen-bond acceptors (Lipinski definition) is 4. The summed E-state index contributed by atoms with van der Waals surface area (Å²) in [5, 5.41) is 2.72. The lowest BCUT2D eigenvalue weighted by Gasteiger charge is -2.36. The van der Waals surface area contributed by atoms with Crippen LogP contribution in [0.4, 0.5) is 18.0 Å². The lowest BCUT2D eigenvalue weighted by atomic mass is 10.1. The summed E-state index contributed by atoms with van der Waals surface area (Å²) in [6.45, 7) is 7.36. The number of rotatable bonds is 3. The monoisotopic (exact) mass is 402 g/mol. The molecule has 1 saturated heterocycles. The maximum absolute atomic E-state index is 12.7. The quantitative estimate of drug-likeness (QED) is 0.840. The van der Waals surface area contributed by atoms with Crippen molar-refractivity contribution in [3.05, 3.63) is 35.4 Å². The fraction of sp³-hybridized carbons (Fsp3) is 0.579. The van der Waals surface area contributed by atoms with Gasteiger partial charge in [-0.25, -0.2) is 4.79 Å². The van der Waals surface area contributed by atoms with Crippen LogP contribution in [0.2, 0.25) is 0 Å². The highest BCUT2D eigenvalue weighted by Gasteiger charge is 2.36. The van der Waals surface area contributed by atoms with Crippen molar-refractivity contribution in [1.29, 1.82) is 0 Å². The number of carbonyl (C=O) groups excluding carboxylic acids is 2. The Bertz CT molecular complexity index is 699. The van der Waals surface area contributed by atoms with Crippen molar-refractivity contribution in [2.45, 2.75) is 51.6 Å². The summed E-state index contributed by atoms with van der Waals surface area (Å²) >= 11 is 0. The van der Waals surface area contributed by atoms with Crippen LogP contribution in [0, 0.1) is 0 Å². The molecule has 1 aromatic rings. The molecule has 1 heterocycles. The Morgan fingerprint density at radius 1 is 1.21 bits per heavy atom. The SMILES string of the molecule is CC(NC(=O)[C@H]1COCCN1C(=O)OC(C)(C)C)c1ccc(C(F)(F)F)cc1. The van der Waals surface area contributed by atoms with E-state index in [9.17, 15) is 22.8 Å². The second-order valence-corrected chi connectivity index (χ2v) is 7.61. The minimum Gasteiger partial charge on any atom is -0.444 e. The summed E-state index contributed by atoms with van der Waals surface area (Å²) in [5.74, 6) is -0.460. The Morgan fingerprint density at radius 2 is 1.82 bits per heavy atom. The molecule has 6 nitrogen and oxygen atoms in total. The topological polar surface area (TPSA) is 67.9 Å². The molecular weight excluding hydrogens is 377 g/mol. The van der Waals surface area contributed by atoms with E-state index >= 15 is 0 Å². The van der Waals surface area contributed by atoms with Crippen molar-refractivity contribution in [1.82, 2.24) is 10.2 Å². The molecule has 1 unspecified atom stereocenters. The Balaban J connectivity index is 2.05. The lowest BCUT2D eigenvalue weighted by molar-refractivity contribution is -0.137. The number of ether oxygens (including phenoxy) is 2. The number of halogens is 3. The Labute approximate surface area is 162 Å². The molecule has 1 aliphatic heterocycles. The summed E-state index contributed by atoms with van der Waals surface area (Å²) in [7, 11) is 0. The summed E-state index contributed by atoms with van der Waals surface area (Å²) in [4.78, 5) is 26.4. The van der Waals surface area contributed by atoms with Crippen LogP contribution in [-0.4, -0.2) is 48.3 Å². The normalized spacial score (nSPS) is 19.1. The van der Waals surface area contributed by atoms with Gasteiger partial charge in [-0.05, 0) is 45.4 Å². The molecule has 1 fully saturated rings. The summed E-state index contributed by atoms with van der Waals surface area (Å²) in [6.07, 6.45) is -5.03. The fourth-order valence-corrected chi connectivity index (χ4v) is 2.71. The third kappa shape index (κ3) is 5.85. The smallest absolute Gasteiger partial charge is 0.416 e. The first-order valence-electron chi connectivity index (χ1n) is 8.93. The summed E-state index contributed by atoms with van der Waals surface area (Å²) in [5.41, 5.74) is -0.947. The average Bonchev–Trinajstić information content (AvgIpc) is 2.59. The van der Waals surface area contributed by atoms with Gasteiger partial charge in [-0.2, -0.15) is 13.2 Å². The molecule has 9 heteroatoms. The predicted molar refractivity (Wildman–Crippen MR) is 95.5 cm³/mol. The molecular formula is C19H25F3N2O4. The Hall–Kier alpha value is -2.29. The second-order valence-electron chi connectivity index (χ2n) is 7.61. The highest BCUT2D eigenvalue weighted by atomic mass is 19.4. The van der Waals surface area contributed by atoms with Gasteiger partial charge in [-0.3, -0.25) is 9.69 Å². The number of morpholine rings is 1. The standard InChI is InChI=1S/C19H25F3N2O4/c1-12(13-5-7-14(8-6-13)19(20,21)22)23-16(25)15-11-27-10-9-24(15)17(26)28-18(2,3)4/h5-8,12,15H,9-11H2,1-4H3,(H,23,25)/t12?,15-/m1/s1. The number of alkyl halides is 3. The van der Waals surface area contributed by atoms with Crippen LogP contribution in [0.3, 0.4) is 0 Å². The van der Waals surface area contributed by atoms with Gasteiger partial charge < -0.3 is 14.8 Å². The van der Waals surface area contributed by atoms with E-state index in [0.717, 1.165) is 12.1 Å². The molecule has 0 bridgehead atoms. The zero-order valence-corrected chi connectivity index (χ0v) is 16.3. The number of carbonyl (C=O) groups is 2. The Morgan fingerprint density at radius 3 is 2.36 bits per heavy atom. The third-order valence-corrected chi connectivity index (χ3v) is 4.16. The molecule has 0 aliphatic carbocycles. The van der Waals surface area contributed by atoms with Crippen molar-refractivity contribution >= 4 is 12.0 Å². The Kier molecular flexibility index (Phi) is 6.59. The third-order valence-electron chi connectivity index (χ3n) is 4.16. The maximum atomic E-state index is 12.7. The van der Waals surface area contributed by atoms with E-state index in [0.29, 0.717) is 5.56 Å². The number of hydrogen-bond donors (Lipinski definition) is 1. The van der Waals surface area contributed by atoms with Gasteiger partial charge in [0.25, 0.3) is 0 Å². The molecule has 1 aliphatic rings. The van der Waals surface area contributed by atoms with E-state index in [1.54, 1.807) is 27.7 Å². The summed E-state index contributed by atoms with van der Waals surface area (Å²) < 4.78 is 48.7. The molecule has 2 rings (SSSR count). The minimum absolute atomic E-state index is 0.0187. The number of benzene rings is 1. The van der Waals surface area contributed by atoms with Gasteiger partial charge in [0.1, 0.15) is 11.6 Å². The molecule has 2 atom stereocenters. The molecule has 1 aromatic carbocycles. The first-order valence-corrected chi connectivity index (χ1v) is 8.93. The van der Waals surface area contributed by atoms with Crippen molar-refractivity contribution in [3.8, 4) is 0 Å². The van der Waals surface area contributed by atoms with Gasteiger partial charge in [0.2, 0.25) is 5.91 Å². The van der Waals surface area contributed by atoms with Crippen molar-refractivity contribution < 1.29 is 32.2 Å². The van der Waals surface area contributed by atoms with Gasteiger partial charge in [-0.1, -0.05) is 12.1 Å². The van der Waals surface area contributed by atoms with E-state index in [2.05, 4.69) is 5.32 Å². The summed E-state index contributed by atoms with van der Waals surface area (Å²) in [6, 6.07) is 3.15. The predicted octanol–water partition coefficient (Wildman–Crippen LogP) is 3.52. The van der Waals surface area contributed by atoms with Crippen molar-refractivity contribution in [2.75, 3.05) is 19.8 Å². The number of nitrogens with zero attached hydrogens (tertiary/aromatic N) is 1. The molecule has 0 spiro atoms. The van der Waals surface area contributed by atoms with Crippen molar-refractivity contribution in [3.63, 3.8) is 0 Å². The average molecular weight is 402 g/mol. The van der Waals surface area contributed by atoms with Crippen molar-refractivity contribution in [2.24, 2.45) is 0 Å². The molecule has 2 amide bonds. The van der Waals surface area contributed by atoms with Crippen LogP contribution in [-0.2, 0) is 20.4 Å². The number of amides is 2. The zero-order chi connectivity index (χ0) is 21.1. The van der Waals surface area contributed by atoms with Gasteiger partial charge in [0, 0.05) is 6.54 Å². The van der Waals surface area contributed by atoms with Crippen LogP contribution in [0.1, 0.15) is 44.9 Å². The van der Waals surface area contributed by atoms with Crippen LogP contribution >= 0.6 is 0 Å². The molecule has 0 saturated carbocycles. The van der Waals surface area contributed by atoms with Gasteiger partial charge >= 0.3 is 12.3 Å². The van der Waals surface area contributed by atoms with Crippen LogP contribution in [0.5, 0.6) is 0 Å². The van der Waals surface area contributed by atoms with E-state index in [1.165, 1.54) is 17.0 Å². The van der Waals surface area contributed by atoms with E-state index in [4.69, 9.17) is 9.47 Å². The van der Waals surface area contributed by atoms with Crippen LogP contribution in [0.25, 0.3) is 0 Å². The molecule has 156 valence electrons. The maximum Gasteiger partial charge on any atom is 0.416 e. The molecule has 28 heavy (non-hydrogen) atoms. The first kappa shape index (κ1) is 22.0. The van der Waals surface area contributed by atoms with Crippen LogP contribution in [0.15, 0.2) is 24.3 Å². The highest BCUT2D eigenvalue weighted by molar-refractivity contribution is 5.86. The minimum atomic E-state index is -4.42. The highest BCUT2D eigenvalue weighted by Crippen LogP contribution is 2.30. The fourth-order valence-electron chi connectivity index (χ4n) is 2.71. The molecule has 1 N–H and O–H groups in total. The van der Waals surface area contributed by atoms with E-state index in [-0.39, 0.29) is 19.8 Å². The van der Waals surface area contributed by atoms with Gasteiger partial charge in [0.05, 0.1) is 24.8 Å². The van der Waals surface area contributed by atoms with E-state index in [1.807, 2.05) is 0 Å². The second kappa shape index (κ2) is 8.38. The lowest BCUT2D eigenvalue weighted by Crippen LogP contribution is -2.57. The number of nitrogens with one attached hydrogen (secondary N) is 1. The zero-order valence-electron chi connectivity index (χ0n) is 16.3. The van der Waals surface area contributed by atoms with Gasteiger partial charge in [-0.15, -0.1) is 0 Å². The van der Waals surface area contributed by atoms with Gasteiger partial charge in [0.15, 0.2) is 0 Å². The van der Waals surface area contributed by atoms with Crippen LogP contribution < -0.4 is 5.32 Å². The first-order chi connectivity index (χ1) is 12.9. The largest absolute Gasteiger partial charge is 0.444 e.